The number of rotatable bonds is 10. The molecule has 2 amide bonds. The molecule has 0 aliphatic carbocycles. The number of carbonyl (C=O) groups is 2. The predicted octanol–water partition coefficient (Wildman–Crippen LogP) is 5.31. The van der Waals surface area contributed by atoms with Crippen LogP contribution in [0.25, 0.3) is 0 Å². The summed E-state index contributed by atoms with van der Waals surface area (Å²) in [4.78, 5) is 28.4. The van der Waals surface area contributed by atoms with Gasteiger partial charge in [0.25, 0.3) is 0 Å². The summed E-state index contributed by atoms with van der Waals surface area (Å²) in [6.45, 7) is 6.89. The van der Waals surface area contributed by atoms with E-state index in [1.54, 1.807) is 19.1 Å². The van der Waals surface area contributed by atoms with Gasteiger partial charge in [-0.25, -0.2) is 0 Å². The molecule has 0 unspecified atom stereocenters. The molecule has 190 valence electrons. The van der Waals surface area contributed by atoms with Gasteiger partial charge in [-0.05, 0) is 46.2 Å². The molecule has 5 heteroatoms. The average molecular weight is 487 g/mol. The molecule has 36 heavy (non-hydrogen) atoms. The van der Waals surface area contributed by atoms with Crippen molar-refractivity contribution in [3.63, 3.8) is 0 Å². The van der Waals surface area contributed by atoms with Gasteiger partial charge in [-0.15, -0.1) is 0 Å². The van der Waals surface area contributed by atoms with Gasteiger partial charge >= 0.3 is 0 Å². The molecule has 3 aromatic rings. The summed E-state index contributed by atoms with van der Waals surface area (Å²) >= 11 is 0. The Balaban J connectivity index is 1.85. The van der Waals surface area contributed by atoms with Gasteiger partial charge in [-0.2, -0.15) is 0 Å². The van der Waals surface area contributed by atoms with Gasteiger partial charge < -0.3 is 15.0 Å². The van der Waals surface area contributed by atoms with Crippen LogP contribution >= 0.6 is 0 Å². The van der Waals surface area contributed by atoms with Crippen molar-refractivity contribution in [2.75, 3.05) is 14.2 Å². The second-order valence-electron chi connectivity index (χ2n) is 10.1. The number of ether oxygens (including phenoxy) is 1. The molecule has 0 saturated heterocycles. The largest absolute Gasteiger partial charge is 0.497 e. The van der Waals surface area contributed by atoms with Crippen LogP contribution in [0.15, 0.2) is 78.9 Å². The molecule has 0 spiro atoms. The maximum absolute atomic E-state index is 13.7. The number of likely N-dealkylation sites (N-methyl/N-ethyl adjacent to an activating group) is 1. The van der Waals surface area contributed by atoms with Crippen LogP contribution in [0.5, 0.6) is 5.75 Å². The Morgan fingerprint density at radius 1 is 0.889 bits per heavy atom. The number of hydrogen-bond donors (Lipinski definition) is 1. The van der Waals surface area contributed by atoms with Crippen LogP contribution < -0.4 is 10.1 Å². The summed E-state index contributed by atoms with van der Waals surface area (Å²) in [5, 5.41) is 2.77. The molecular formula is C31H38N2O3. The Labute approximate surface area is 215 Å². The van der Waals surface area contributed by atoms with Crippen LogP contribution in [-0.4, -0.2) is 36.9 Å². The molecule has 1 atom stereocenters. The van der Waals surface area contributed by atoms with Gasteiger partial charge in [-0.3, -0.25) is 9.59 Å². The summed E-state index contributed by atoms with van der Waals surface area (Å²) in [6.07, 6.45) is 1.38. The van der Waals surface area contributed by atoms with E-state index >= 15 is 0 Å². The van der Waals surface area contributed by atoms with Crippen molar-refractivity contribution in [1.29, 1.82) is 0 Å². The topological polar surface area (TPSA) is 58.6 Å². The molecule has 0 radical (unpaired) electrons. The molecular weight excluding hydrogens is 448 g/mol. The van der Waals surface area contributed by atoms with Crippen LogP contribution in [0, 0.1) is 0 Å². The van der Waals surface area contributed by atoms with Gasteiger partial charge in [0.05, 0.1) is 7.11 Å². The van der Waals surface area contributed by atoms with Gasteiger partial charge in [-0.1, -0.05) is 87.5 Å². The normalized spacial score (nSPS) is 12.0. The van der Waals surface area contributed by atoms with E-state index in [0.29, 0.717) is 25.8 Å². The fourth-order valence-electron chi connectivity index (χ4n) is 4.25. The number of nitrogens with one attached hydrogen (secondary N) is 1. The molecule has 0 saturated carbocycles. The third-order valence-electron chi connectivity index (χ3n) is 6.45. The summed E-state index contributed by atoms with van der Waals surface area (Å²) in [7, 11) is 3.24. The lowest BCUT2D eigenvalue weighted by atomic mass is 9.86. The maximum Gasteiger partial charge on any atom is 0.242 e. The Hall–Kier alpha value is -3.60. The van der Waals surface area contributed by atoms with E-state index in [2.05, 4.69) is 50.4 Å². The first-order chi connectivity index (χ1) is 17.2. The number of nitrogens with zero attached hydrogens (tertiary/aromatic N) is 1. The van der Waals surface area contributed by atoms with Crippen molar-refractivity contribution in [2.24, 2.45) is 0 Å². The monoisotopic (exact) mass is 486 g/mol. The van der Waals surface area contributed by atoms with Crippen molar-refractivity contribution < 1.29 is 14.3 Å². The van der Waals surface area contributed by atoms with E-state index < -0.39 is 6.04 Å². The number of methoxy groups -OCH3 is 1. The van der Waals surface area contributed by atoms with Gasteiger partial charge in [0, 0.05) is 26.4 Å². The van der Waals surface area contributed by atoms with E-state index in [0.717, 1.165) is 22.4 Å². The number of benzene rings is 3. The third kappa shape index (κ3) is 7.45. The second-order valence-corrected chi connectivity index (χ2v) is 10.1. The third-order valence-corrected chi connectivity index (χ3v) is 6.45. The summed E-state index contributed by atoms with van der Waals surface area (Å²) in [6, 6.07) is 25.3. The molecule has 3 aromatic carbocycles. The van der Waals surface area contributed by atoms with E-state index in [4.69, 9.17) is 4.74 Å². The minimum absolute atomic E-state index is 0.0535. The highest BCUT2D eigenvalue weighted by Gasteiger charge is 2.29. The van der Waals surface area contributed by atoms with Crippen LogP contribution in [-0.2, 0) is 34.4 Å². The molecule has 0 aliphatic rings. The highest BCUT2D eigenvalue weighted by molar-refractivity contribution is 5.88. The number of amides is 2. The smallest absolute Gasteiger partial charge is 0.242 e. The minimum atomic E-state index is -0.626. The van der Waals surface area contributed by atoms with Crippen molar-refractivity contribution in [1.82, 2.24) is 10.2 Å². The van der Waals surface area contributed by atoms with Crippen LogP contribution in [0.3, 0.4) is 0 Å². The number of carbonyl (C=O) groups excluding carboxylic acids is 2. The first-order valence-electron chi connectivity index (χ1n) is 12.5. The highest BCUT2D eigenvalue weighted by atomic mass is 16.5. The van der Waals surface area contributed by atoms with Crippen molar-refractivity contribution in [2.45, 2.75) is 58.0 Å². The minimum Gasteiger partial charge on any atom is -0.497 e. The summed E-state index contributed by atoms with van der Waals surface area (Å²) < 4.78 is 5.38. The summed E-state index contributed by atoms with van der Waals surface area (Å²) in [5.41, 5.74) is 4.38. The lowest BCUT2D eigenvalue weighted by molar-refractivity contribution is -0.141. The molecule has 0 fully saturated rings. The first kappa shape index (κ1) is 27.0. The SMILES string of the molecule is CNC(=O)[C@H](Cc1ccccc1)N(Cc1cccc(OC)c1)C(=O)CCc1ccc(C(C)(C)C)cc1. The number of hydrogen-bond acceptors (Lipinski definition) is 3. The first-order valence-corrected chi connectivity index (χ1v) is 12.5. The molecule has 0 bridgehead atoms. The van der Waals surface area contributed by atoms with Crippen LogP contribution in [0.1, 0.15) is 49.4 Å². The highest BCUT2D eigenvalue weighted by Crippen LogP contribution is 2.23. The van der Waals surface area contributed by atoms with Gasteiger partial charge in [0.2, 0.25) is 11.8 Å². The van der Waals surface area contributed by atoms with Crippen LogP contribution in [0.2, 0.25) is 0 Å². The van der Waals surface area contributed by atoms with E-state index in [9.17, 15) is 9.59 Å². The van der Waals surface area contributed by atoms with E-state index in [1.165, 1.54) is 5.56 Å². The van der Waals surface area contributed by atoms with Gasteiger partial charge in [0.1, 0.15) is 11.8 Å². The molecule has 0 aromatic heterocycles. The van der Waals surface area contributed by atoms with Crippen molar-refractivity contribution in [3.05, 3.63) is 101 Å². The maximum atomic E-state index is 13.7. The fraction of sp³-hybridized carbons (Fsp3) is 0.355. The zero-order chi connectivity index (χ0) is 26.1. The molecule has 3 rings (SSSR count). The lowest BCUT2D eigenvalue weighted by Gasteiger charge is -2.31. The zero-order valence-electron chi connectivity index (χ0n) is 22.1. The molecule has 0 aliphatic heterocycles. The summed E-state index contributed by atoms with van der Waals surface area (Å²) in [5.74, 6) is 0.491. The zero-order valence-corrected chi connectivity index (χ0v) is 22.1. The quantitative estimate of drug-likeness (QED) is 0.422. The average Bonchev–Trinajstić information content (AvgIpc) is 2.89. The van der Waals surface area contributed by atoms with E-state index in [-0.39, 0.29) is 17.2 Å². The lowest BCUT2D eigenvalue weighted by Crippen LogP contribution is -2.49. The van der Waals surface area contributed by atoms with Gasteiger partial charge in [0.15, 0.2) is 0 Å². The van der Waals surface area contributed by atoms with E-state index in [1.807, 2.05) is 54.6 Å². The van der Waals surface area contributed by atoms with Crippen molar-refractivity contribution >= 4 is 11.8 Å². The molecule has 5 nitrogen and oxygen atoms in total. The Morgan fingerprint density at radius 2 is 1.56 bits per heavy atom. The predicted molar refractivity (Wildman–Crippen MR) is 145 cm³/mol. The Kier molecular flexibility index (Phi) is 9.29. The molecule has 0 heterocycles. The van der Waals surface area contributed by atoms with Crippen molar-refractivity contribution in [3.8, 4) is 5.75 Å². The standard InChI is InChI=1S/C31H38N2O3/c1-31(2,3)26-17-14-23(15-18-26)16-19-29(34)33(22-25-12-9-13-27(20-25)36-5)28(30(35)32-4)21-24-10-7-6-8-11-24/h6-15,17-18,20,28H,16,19,21-22H2,1-5H3,(H,32,35)/t28-/m0/s1. The van der Waals surface area contributed by atoms with Crippen LogP contribution in [0.4, 0.5) is 0 Å². The number of aryl methyl sites for hydroxylation is 1. The Morgan fingerprint density at radius 3 is 2.17 bits per heavy atom. The fourth-order valence-corrected chi connectivity index (χ4v) is 4.25. The second kappa shape index (κ2) is 12.4. The molecule has 1 N–H and O–H groups in total. The Bertz CT molecular complexity index is 1130.